The highest BCUT2D eigenvalue weighted by atomic mass is 32.2. The molecule has 1 aliphatic heterocycles. The highest BCUT2D eigenvalue weighted by molar-refractivity contribution is 8.24. The number of thioether (sulfide) groups is 1. The molecule has 1 unspecified atom stereocenters. The quantitative estimate of drug-likeness (QED) is 0.532. The van der Waals surface area contributed by atoms with E-state index in [1.165, 1.54) is 16.7 Å². The van der Waals surface area contributed by atoms with Crippen LogP contribution in [0.3, 0.4) is 0 Å². The van der Waals surface area contributed by atoms with Gasteiger partial charge < -0.3 is 15.4 Å². The van der Waals surface area contributed by atoms with Crippen molar-refractivity contribution in [3.63, 3.8) is 0 Å². The SMILES string of the molecule is CC(C)(C)OC(=O)NCCN1C(=O)C(CC(=O)NCc2ccc(-c3ccccc3)cc2)SC1=S. The predicted molar refractivity (Wildman–Crippen MR) is 138 cm³/mol. The van der Waals surface area contributed by atoms with E-state index >= 15 is 0 Å². The summed E-state index contributed by atoms with van der Waals surface area (Å²) in [5.41, 5.74) is 2.63. The van der Waals surface area contributed by atoms with Gasteiger partial charge in [0.25, 0.3) is 0 Å². The molecule has 1 heterocycles. The molecule has 7 nitrogen and oxygen atoms in total. The second kappa shape index (κ2) is 11.5. The molecule has 1 saturated heterocycles. The predicted octanol–water partition coefficient (Wildman–Crippen LogP) is 4.11. The summed E-state index contributed by atoms with van der Waals surface area (Å²) in [7, 11) is 0. The summed E-state index contributed by atoms with van der Waals surface area (Å²) >= 11 is 6.50. The minimum Gasteiger partial charge on any atom is -0.444 e. The molecule has 34 heavy (non-hydrogen) atoms. The highest BCUT2D eigenvalue weighted by Crippen LogP contribution is 2.29. The number of benzene rings is 2. The molecule has 0 radical (unpaired) electrons. The van der Waals surface area contributed by atoms with Gasteiger partial charge in [0, 0.05) is 26.1 Å². The summed E-state index contributed by atoms with van der Waals surface area (Å²) in [5.74, 6) is -0.433. The van der Waals surface area contributed by atoms with Crippen molar-refractivity contribution in [2.75, 3.05) is 13.1 Å². The van der Waals surface area contributed by atoms with Crippen LogP contribution in [-0.2, 0) is 20.9 Å². The smallest absolute Gasteiger partial charge is 0.407 e. The van der Waals surface area contributed by atoms with Crippen LogP contribution in [0.1, 0.15) is 32.8 Å². The van der Waals surface area contributed by atoms with E-state index in [1.54, 1.807) is 20.8 Å². The fourth-order valence-corrected chi connectivity index (χ4v) is 4.85. The zero-order valence-electron chi connectivity index (χ0n) is 19.5. The van der Waals surface area contributed by atoms with E-state index in [1.807, 2.05) is 54.6 Å². The molecule has 2 N–H and O–H groups in total. The van der Waals surface area contributed by atoms with Gasteiger partial charge in [0.1, 0.15) is 9.92 Å². The Morgan fingerprint density at radius 3 is 2.32 bits per heavy atom. The fraction of sp³-hybridized carbons (Fsp3) is 0.360. The Morgan fingerprint density at radius 1 is 1.03 bits per heavy atom. The van der Waals surface area contributed by atoms with Crippen LogP contribution in [0.5, 0.6) is 0 Å². The Hall–Kier alpha value is -2.91. The van der Waals surface area contributed by atoms with Crippen molar-refractivity contribution in [3.05, 3.63) is 60.2 Å². The van der Waals surface area contributed by atoms with Gasteiger partial charge >= 0.3 is 6.09 Å². The molecule has 0 bridgehead atoms. The first-order valence-electron chi connectivity index (χ1n) is 11.0. The Bertz CT molecular complexity index is 1040. The number of ether oxygens (including phenoxy) is 1. The first-order valence-corrected chi connectivity index (χ1v) is 12.3. The molecular formula is C25H29N3O4S2. The van der Waals surface area contributed by atoms with Crippen molar-refractivity contribution < 1.29 is 19.1 Å². The lowest BCUT2D eigenvalue weighted by molar-refractivity contribution is -0.129. The van der Waals surface area contributed by atoms with Gasteiger partial charge in [0.15, 0.2) is 0 Å². The third-order valence-electron chi connectivity index (χ3n) is 4.93. The lowest BCUT2D eigenvalue weighted by Gasteiger charge is -2.21. The monoisotopic (exact) mass is 499 g/mol. The lowest BCUT2D eigenvalue weighted by Crippen LogP contribution is -2.41. The number of amides is 3. The molecule has 0 saturated carbocycles. The molecule has 2 aromatic rings. The minimum atomic E-state index is -0.596. The van der Waals surface area contributed by atoms with Crippen molar-refractivity contribution in [1.82, 2.24) is 15.5 Å². The summed E-state index contributed by atoms with van der Waals surface area (Å²) < 4.78 is 5.59. The first-order chi connectivity index (χ1) is 16.1. The van der Waals surface area contributed by atoms with Crippen LogP contribution in [0, 0.1) is 0 Å². The average molecular weight is 500 g/mol. The van der Waals surface area contributed by atoms with Gasteiger partial charge in [0.2, 0.25) is 11.8 Å². The lowest BCUT2D eigenvalue weighted by atomic mass is 10.0. The van der Waals surface area contributed by atoms with Gasteiger partial charge in [-0.3, -0.25) is 14.5 Å². The number of thiocarbonyl (C=S) groups is 1. The number of carbonyl (C=O) groups is 3. The standard InChI is InChI=1S/C25H29N3O4S2/c1-25(2,3)32-23(31)26-13-14-28-22(30)20(34-24(28)33)15-21(29)27-16-17-9-11-19(12-10-17)18-7-5-4-6-8-18/h4-12,20H,13-16H2,1-3H3,(H,26,31)(H,27,29). The molecule has 1 atom stereocenters. The second-order valence-electron chi connectivity index (χ2n) is 8.83. The summed E-state index contributed by atoms with van der Waals surface area (Å²) in [6.45, 7) is 6.15. The van der Waals surface area contributed by atoms with Crippen LogP contribution in [0.2, 0.25) is 0 Å². The Morgan fingerprint density at radius 2 is 1.68 bits per heavy atom. The largest absolute Gasteiger partial charge is 0.444 e. The summed E-state index contributed by atoms with van der Waals surface area (Å²) in [5, 5.41) is 4.93. The number of hydrogen-bond donors (Lipinski definition) is 2. The molecule has 1 fully saturated rings. The van der Waals surface area contributed by atoms with Gasteiger partial charge in [-0.05, 0) is 37.5 Å². The van der Waals surface area contributed by atoms with Crippen LogP contribution in [0.15, 0.2) is 54.6 Å². The van der Waals surface area contributed by atoms with Crippen LogP contribution in [0.4, 0.5) is 4.79 Å². The zero-order chi connectivity index (χ0) is 24.7. The molecule has 3 rings (SSSR count). The number of rotatable bonds is 8. The number of hydrogen-bond acceptors (Lipinski definition) is 6. The van der Waals surface area contributed by atoms with Gasteiger partial charge in [-0.2, -0.15) is 0 Å². The van der Waals surface area contributed by atoms with E-state index in [0.29, 0.717) is 10.9 Å². The van der Waals surface area contributed by atoms with Gasteiger partial charge in [-0.1, -0.05) is 78.6 Å². The van der Waals surface area contributed by atoms with Crippen molar-refractivity contribution in [3.8, 4) is 11.1 Å². The van der Waals surface area contributed by atoms with Crippen molar-refractivity contribution >= 4 is 46.2 Å². The molecule has 3 amide bonds. The van der Waals surface area contributed by atoms with Crippen LogP contribution >= 0.6 is 24.0 Å². The van der Waals surface area contributed by atoms with Crippen molar-refractivity contribution in [1.29, 1.82) is 0 Å². The van der Waals surface area contributed by atoms with Gasteiger partial charge in [-0.25, -0.2) is 4.79 Å². The Labute approximate surface area is 209 Å². The average Bonchev–Trinajstić information content (AvgIpc) is 3.04. The third kappa shape index (κ3) is 7.56. The topological polar surface area (TPSA) is 87.7 Å². The molecule has 2 aromatic carbocycles. The number of alkyl carbamates (subject to hydrolysis) is 1. The van der Waals surface area contributed by atoms with E-state index in [4.69, 9.17) is 17.0 Å². The third-order valence-corrected chi connectivity index (χ3v) is 6.51. The zero-order valence-corrected chi connectivity index (χ0v) is 21.1. The molecule has 0 spiro atoms. The number of nitrogens with one attached hydrogen (secondary N) is 2. The Kier molecular flexibility index (Phi) is 8.68. The second-order valence-corrected chi connectivity index (χ2v) is 10.7. The fourth-order valence-electron chi connectivity index (χ4n) is 3.30. The molecule has 1 aliphatic rings. The maximum Gasteiger partial charge on any atom is 0.407 e. The summed E-state index contributed by atoms with van der Waals surface area (Å²) in [4.78, 5) is 38.3. The van der Waals surface area contributed by atoms with Gasteiger partial charge in [0.05, 0.1) is 5.25 Å². The van der Waals surface area contributed by atoms with E-state index in [9.17, 15) is 14.4 Å². The van der Waals surface area contributed by atoms with E-state index in [0.717, 1.165) is 16.7 Å². The number of nitrogens with zero attached hydrogens (tertiary/aromatic N) is 1. The first kappa shape index (κ1) is 25.7. The van der Waals surface area contributed by atoms with Crippen LogP contribution in [0.25, 0.3) is 11.1 Å². The molecule has 0 aliphatic carbocycles. The van der Waals surface area contributed by atoms with Crippen molar-refractivity contribution in [2.24, 2.45) is 0 Å². The van der Waals surface area contributed by atoms with Gasteiger partial charge in [-0.15, -0.1) is 0 Å². The molecule has 9 heteroatoms. The maximum atomic E-state index is 12.7. The van der Waals surface area contributed by atoms with E-state index < -0.39 is 16.9 Å². The number of carbonyl (C=O) groups excluding carboxylic acids is 3. The molecule has 180 valence electrons. The minimum absolute atomic E-state index is 0.0434. The molecule has 0 aromatic heterocycles. The maximum absolute atomic E-state index is 12.7. The van der Waals surface area contributed by atoms with E-state index in [-0.39, 0.29) is 31.3 Å². The van der Waals surface area contributed by atoms with Crippen LogP contribution < -0.4 is 10.6 Å². The van der Waals surface area contributed by atoms with Crippen LogP contribution in [-0.4, -0.2) is 51.1 Å². The summed E-state index contributed by atoms with van der Waals surface area (Å²) in [6.07, 6.45) is -0.507. The van der Waals surface area contributed by atoms with E-state index in [2.05, 4.69) is 10.6 Å². The normalized spacial score (nSPS) is 15.9. The highest BCUT2D eigenvalue weighted by Gasteiger charge is 2.37. The Balaban J connectivity index is 1.43. The summed E-state index contributed by atoms with van der Waals surface area (Å²) in [6, 6.07) is 18.1. The molecular weight excluding hydrogens is 470 g/mol. The van der Waals surface area contributed by atoms with Crippen molar-refractivity contribution in [2.45, 2.75) is 44.6 Å².